The van der Waals surface area contributed by atoms with Crippen LogP contribution in [0.15, 0.2) is 6.20 Å². The van der Waals surface area contributed by atoms with E-state index in [1.165, 1.54) is 9.96 Å². The smallest absolute Gasteiger partial charge is 0.271 e. The van der Waals surface area contributed by atoms with Gasteiger partial charge in [0.2, 0.25) is 11.8 Å². The summed E-state index contributed by atoms with van der Waals surface area (Å²) < 4.78 is 1.59. The molecular formula is C21H32N6O5. The Bertz CT molecular complexity index is 891. The van der Waals surface area contributed by atoms with Crippen LogP contribution in [0.1, 0.15) is 64.6 Å². The number of hydrogen-bond donors (Lipinski definition) is 2. The Morgan fingerprint density at radius 2 is 2.06 bits per heavy atom. The molecule has 1 aliphatic carbocycles. The summed E-state index contributed by atoms with van der Waals surface area (Å²) in [6.45, 7) is 8.06. The van der Waals surface area contributed by atoms with E-state index >= 15 is 0 Å². The van der Waals surface area contributed by atoms with Crippen molar-refractivity contribution in [3.05, 3.63) is 11.9 Å². The first-order valence-electron chi connectivity index (χ1n) is 11.2. The minimum absolute atomic E-state index is 0.0455. The van der Waals surface area contributed by atoms with Gasteiger partial charge in [0.15, 0.2) is 0 Å². The number of nitrogens with one attached hydrogen (secondary N) is 1. The number of nitrogens with zero attached hydrogens (tertiary/aromatic N) is 5. The highest BCUT2D eigenvalue weighted by molar-refractivity contribution is 5.93. The van der Waals surface area contributed by atoms with E-state index in [-0.39, 0.29) is 31.4 Å². The number of β-amino-alcohol motifs (C(OH)–C–C–N with tert-alkyl or cyclic N) is 1. The number of likely N-dealkylation sites (N-methyl/N-ethyl adjacent to an activating group) is 1. The fourth-order valence-electron chi connectivity index (χ4n) is 4.42. The van der Waals surface area contributed by atoms with Crippen LogP contribution < -0.4 is 5.32 Å². The fraction of sp³-hybridized carbons (Fsp3) is 0.762. The summed E-state index contributed by atoms with van der Waals surface area (Å²) in [6, 6.07) is -2.36. The standard InChI is InChI=1S/C21H32N6O5/c1-5-27-19(30)15(11-32-27)22-18(29)16-8-13(28)9-25(16)20(31)17(21(2,3)4)26-10-14(23-24-26)12-6-7-12/h10,12-13,15-17,28H,5-9,11H2,1-4H3,(H,22,29)/t13-,15?,16+,17-/m1/s1. The summed E-state index contributed by atoms with van der Waals surface area (Å²) in [4.78, 5) is 45.7. The zero-order chi connectivity index (χ0) is 23.2. The van der Waals surface area contributed by atoms with Gasteiger partial charge in [-0.15, -0.1) is 5.10 Å². The van der Waals surface area contributed by atoms with E-state index in [1.54, 1.807) is 11.6 Å². The molecule has 4 atom stereocenters. The van der Waals surface area contributed by atoms with Crippen molar-refractivity contribution < 1.29 is 24.3 Å². The van der Waals surface area contributed by atoms with Crippen LogP contribution >= 0.6 is 0 Å². The van der Waals surface area contributed by atoms with E-state index in [1.807, 2.05) is 27.0 Å². The quantitative estimate of drug-likeness (QED) is 0.626. The highest BCUT2D eigenvalue weighted by atomic mass is 16.7. The van der Waals surface area contributed by atoms with E-state index in [0.717, 1.165) is 18.5 Å². The van der Waals surface area contributed by atoms with Crippen molar-refractivity contribution in [3.8, 4) is 0 Å². The Labute approximate surface area is 187 Å². The summed E-state index contributed by atoms with van der Waals surface area (Å²) in [5.41, 5.74) is 0.375. The Balaban J connectivity index is 1.53. The maximum Gasteiger partial charge on any atom is 0.271 e. The minimum Gasteiger partial charge on any atom is -0.391 e. The SMILES string of the molecule is CCN1OCC(NC(=O)[C@@H]2C[C@@H](O)CN2C(=O)[C@@H](n2cc(C3CC3)nn2)C(C)(C)C)C1=O. The number of carbonyl (C=O) groups is 3. The van der Waals surface area contributed by atoms with E-state index in [2.05, 4.69) is 15.6 Å². The normalized spacial score (nSPS) is 27.2. The second-order valence-corrected chi connectivity index (χ2v) is 9.95. The average Bonchev–Trinajstić information content (AvgIpc) is 3.16. The first kappa shape index (κ1) is 22.7. The van der Waals surface area contributed by atoms with Gasteiger partial charge in [0.25, 0.3) is 5.91 Å². The van der Waals surface area contributed by atoms with E-state index in [9.17, 15) is 19.5 Å². The second-order valence-electron chi connectivity index (χ2n) is 9.95. The molecule has 2 saturated heterocycles. The van der Waals surface area contributed by atoms with Crippen LogP contribution in [0.5, 0.6) is 0 Å². The van der Waals surface area contributed by atoms with Gasteiger partial charge in [0, 0.05) is 31.6 Å². The third kappa shape index (κ3) is 4.36. The molecule has 3 aliphatic rings. The van der Waals surface area contributed by atoms with Crippen molar-refractivity contribution in [3.63, 3.8) is 0 Å². The number of hydroxylamine groups is 2. The number of aliphatic hydroxyl groups excluding tert-OH is 1. The molecule has 32 heavy (non-hydrogen) atoms. The molecular weight excluding hydrogens is 416 g/mol. The monoisotopic (exact) mass is 448 g/mol. The lowest BCUT2D eigenvalue weighted by atomic mass is 9.85. The lowest BCUT2D eigenvalue weighted by Crippen LogP contribution is -2.53. The molecule has 1 unspecified atom stereocenters. The van der Waals surface area contributed by atoms with Crippen LogP contribution in [0.25, 0.3) is 0 Å². The second kappa shape index (κ2) is 8.43. The molecule has 0 aromatic carbocycles. The number of amides is 3. The summed E-state index contributed by atoms with van der Waals surface area (Å²) in [5.74, 6) is -0.689. The van der Waals surface area contributed by atoms with Crippen LogP contribution in [-0.2, 0) is 19.2 Å². The molecule has 176 valence electrons. The third-order valence-corrected chi connectivity index (χ3v) is 6.25. The first-order chi connectivity index (χ1) is 15.1. The van der Waals surface area contributed by atoms with E-state index in [4.69, 9.17) is 4.84 Å². The van der Waals surface area contributed by atoms with Crippen molar-refractivity contribution in [2.45, 2.75) is 77.1 Å². The highest BCUT2D eigenvalue weighted by Crippen LogP contribution is 2.40. The largest absolute Gasteiger partial charge is 0.391 e. The molecule has 4 rings (SSSR count). The number of aliphatic hydroxyl groups is 1. The summed E-state index contributed by atoms with van der Waals surface area (Å²) >= 11 is 0. The molecule has 1 saturated carbocycles. The molecule has 11 heteroatoms. The van der Waals surface area contributed by atoms with Gasteiger partial charge in [-0.05, 0) is 25.2 Å². The third-order valence-electron chi connectivity index (χ3n) is 6.25. The van der Waals surface area contributed by atoms with Crippen molar-refractivity contribution in [2.24, 2.45) is 5.41 Å². The van der Waals surface area contributed by atoms with Crippen LogP contribution in [0.4, 0.5) is 0 Å². The maximum atomic E-state index is 13.7. The van der Waals surface area contributed by atoms with Gasteiger partial charge >= 0.3 is 0 Å². The van der Waals surface area contributed by atoms with Crippen LogP contribution in [0.2, 0.25) is 0 Å². The van der Waals surface area contributed by atoms with Crippen molar-refractivity contribution in [1.82, 2.24) is 30.3 Å². The van der Waals surface area contributed by atoms with Gasteiger partial charge in [-0.2, -0.15) is 0 Å². The fourth-order valence-corrected chi connectivity index (χ4v) is 4.42. The number of aromatic nitrogens is 3. The van der Waals surface area contributed by atoms with Gasteiger partial charge < -0.3 is 15.3 Å². The van der Waals surface area contributed by atoms with Crippen LogP contribution in [-0.4, -0.2) is 85.7 Å². The molecule has 1 aromatic heterocycles. The molecule has 2 aliphatic heterocycles. The summed E-state index contributed by atoms with van der Waals surface area (Å²) in [7, 11) is 0. The number of likely N-dealkylation sites (tertiary alicyclic amines) is 1. The van der Waals surface area contributed by atoms with Crippen LogP contribution in [0.3, 0.4) is 0 Å². The average molecular weight is 449 g/mol. The molecule has 0 bridgehead atoms. The topological polar surface area (TPSA) is 130 Å². The number of hydrogen-bond acceptors (Lipinski definition) is 7. The van der Waals surface area contributed by atoms with Crippen LogP contribution in [0, 0.1) is 5.41 Å². The lowest BCUT2D eigenvalue weighted by Gasteiger charge is -2.34. The zero-order valence-electron chi connectivity index (χ0n) is 19.0. The van der Waals surface area contributed by atoms with E-state index in [0.29, 0.717) is 12.5 Å². The van der Waals surface area contributed by atoms with Gasteiger partial charge in [0.1, 0.15) is 24.7 Å². The van der Waals surface area contributed by atoms with Gasteiger partial charge in [-0.25, -0.2) is 9.75 Å². The molecule has 2 N–H and O–H groups in total. The molecule has 3 fully saturated rings. The number of carbonyl (C=O) groups excluding carboxylic acids is 3. The van der Waals surface area contributed by atoms with Crippen molar-refractivity contribution in [1.29, 1.82) is 0 Å². The summed E-state index contributed by atoms with van der Waals surface area (Å²) in [6.07, 6.45) is 3.26. The Kier molecular flexibility index (Phi) is 5.97. The summed E-state index contributed by atoms with van der Waals surface area (Å²) in [5, 5.41) is 22.7. The highest BCUT2D eigenvalue weighted by Gasteiger charge is 2.46. The molecule has 11 nitrogen and oxygen atoms in total. The van der Waals surface area contributed by atoms with Gasteiger partial charge in [-0.3, -0.25) is 19.2 Å². The predicted octanol–water partition coefficient (Wildman–Crippen LogP) is -0.0170. The molecule has 3 amide bonds. The van der Waals surface area contributed by atoms with Crippen molar-refractivity contribution >= 4 is 17.7 Å². The van der Waals surface area contributed by atoms with Gasteiger partial charge in [-0.1, -0.05) is 26.0 Å². The zero-order valence-corrected chi connectivity index (χ0v) is 19.0. The Morgan fingerprint density at radius 1 is 1.34 bits per heavy atom. The lowest BCUT2D eigenvalue weighted by molar-refractivity contribution is -0.160. The Hall–Kier alpha value is -2.53. The number of rotatable bonds is 6. The van der Waals surface area contributed by atoms with Gasteiger partial charge in [0.05, 0.1) is 11.8 Å². The molecule has 3 heterocycles. The van der Waals surface area contributed by atoms with E-state index < -0.39 is 35.6 Å². The Morgan fingerprint density at radius 3 is 2.66 bits per heavy atom. The van der Waals surface area contributed by atoms with Crippen molar-refractivity contribution in [2.75, 3.05) is 19.7 Å². The first-order valence-corrected chi connectivity index (χ1v) is 11.2. The predicted molar refractivity (Wildman–Crippen MR) is 112 cm³/mol. The maximum absolute atomic E-state index is 13.7. The molecule has 0 radical (unpaired) electrons. The molecule has 0 spiro atoms. The minimum atomic E-state index is -0.878. The molecule has 1 aromatic rings.